The van der Waals surface area contributed by atoms with Crippen molar-refractivity contribution in [2.45, 2.75) is 32.6 Å². The molecule has 0 spiro atoms. The minimum atomic E-state index is -0.667. The molecule has 21 heavy (non-hydrogen) atoms. The minimum absolute atomic E-state index is 0.0929. The molecule has 0 aromatic heterocycles. The van der Waals surface area contributed by atoms with E-state index in [1.54, 1.807) is 24.0 Å². The first-order valence-corrected chi connectivity index (χ1v) is 7.33. The zero-order valence-electron chi connectivity index (χ0n) is 12.3. The van der Waals surface area contributed by atoms with Crippen molar-refractivity contribution < 1.29 is 19.4 Å². The maximum atomic E-state index is 12.0. The third-order valence-electron chi connectivity index (χ3n) is 3.74. The summed E-state index contributed by atoms with van der Waals surface area (Å²) < 4.78 is 5.03. The lowest BCUT2D eigenvalue weighted by molar-refractivity contribution is -0.134. The number of para-hydroxylation sites is 1. The highest BCUT2D eigenvalue weighted by molar-refractivity contribution is 5.94. The smallest absolute Gasteiger partial charge is 0.342 e. The van der Waals surface area contributed by atoms with E-state index in [4.69, 9.17) is 4.74 Å². The molecule has 1 aromatic rings. The number of esters is 1. The summed E-state index contributed by atoms with van der Waals surface area (Å²) in [5.74, 6) is -0.929. The van der Waals surface area contributed by atoms with Crippen molar-refractivity contribution in [3.63, 3.8) is 0 Å². The van der Waals surface area contributed by atoms with Crippen LogP contribution in [0, 0.1) is 6.92 Å². The van der Waals surface area contributed by atoms with Gasteiger partial charge < -0.3 is 14.7 Å². The molecule has 1 aliphatic heterocycles. The highest BCUT2D eigenvalue weighted by atomic mass is 16.5. The molecule has 1 N–H and O–H groups in total. The Labute approximate surface area is 124 Å². The van der Waals surface area contributed by atoms with Crippen LogP contribution >= 0.6 is 0 Å². The van der Waals surface area contributed by atoms with Crippen LogP contribution in [0.15, 0.2) is 18.2 Å². The van der Waals surface area contributed by atoms with Crippen LogP contribution in [-0.2, 0) is 9.53 Å². The summed E-state index contributed by atoms with van der Waals surface area (Å²) in [6.07, 6.45) is 4.28. The standard InChI is InChI=1S/C16H21NO4/c1-12-7-6-8-13(15(12)19)16(20)21-11-14(18)17-9-4-2-3-5-10-17/h6-8,19H,2-5,9-11H2,1H3. The van der Waals surface area contributed by atoms with Crippen LogP contribution in [0.3, 0.4) is 0 Å². The van der Waals surface area contributed by atoms with Crippen LogP contribution in [0.5, 0.6) is 5.75 Å². The number of phenols is 1. The van der Waals surface area contributed by atoms with Crippen LogP contribution in [0.4, 0.5) is 0 Å². The van der Waals surface area contributed by atoms with Gasteiger partial charge in [0.15, 0.2) is 6.61 Å². The third kappa shape index (κ3) is 3.97. The van der Waals surface area contributed by atoms with Gasteiger partial charge >= 0.3 is 5.97 Å². The molecule has 114 valence electrons. The van der Waals surface area contributed by atoms with E-state index in [2.05, 4.69) is 0 Å². The fourth-order valence-corrected chi connectivity index (χ4v) is 2.44. The fraction of sp³-hybridized carbons (Fsp3) is 0.500. The number of amides is 1. The Morgan fingerprint density at radius 2 is 1.86 bits per heavy atom. The number of carbonyl (C=O) groups excluding carboxylic acids is 2. The quantitative estimate of drug-likeness (QED) is 0.867. The number of nitrogens with zero attached hydrogens (tertiary/aromatic N) is 1. The van der Waals surface area contributed by atoms with Gasteiger partial charge in [0.05, 0.1) is 0 Å². The highest BCUT2D eigenvalue weighted by Crippen LogP contribution is 2.22. The van der Waals surface area contributed by atoms with E-state index in [1.807, 2.05) is 0 Å². The van der Waals surface area contributed by atoms with Crippen molar-refractivity contribution in [1.82, 2.24) is 4.90 Å². The van der Waals surface area contributed by atoms with Crippen molar-refractivity contribution in [2.75, 3.05) is 19.7 Å². The van der Waals surface area contributed by atoms with E-state index in [0.29, 0.717) is 5.56 Å². The van der Waals surface area contributed by atoms with Crippen molar-refractivity contribution in [1.29, 1.82) is 0 Å². The van der Waals surface area contributed by atoms with Crippen molar-refractivity contribution in [3.05, 3.63) is 29.3 Å². The first kappa shape index (κ1) is 15.4. The lowest BCUT2D eigenvalue weighted by Crippen LogP contribution is -2.35. The normalized spacial score (nSPS) is 15.4. The van der Waals surface area contributed by atoms with E-state index in [9.17, 15) is 14.7 Å². The van der Waals surface area contributed by atoms with Gasteiger partial charge in [0, 0.05) is 13.1 Å². The van der Waals surface area contributed by atoms with Gasteiger partial charge in [-0.1, -0.05) is 25.0 Å². The zero-order chi connectivity index (χ0) is 15.2. The van der Waals surface area contributed by atoms with Gasteiger partial charge in [-0.15, -0.1) is 0 Å². The molecule has 0 atom stereocenters. The summed E-state index contributed by atoms with van der Waals surface area (Å²) in [5, 5.41) is 9.82. The Hall–Kier alpha value is -2.04. The Kier molecular flexibility index (Phi) is 5.20. The summed E-state index contributed by atoms with van der Waals surface area (Å²) in [7, 11) is 0. The largest absolute Gasteiger partial charge is 0.507 e. The molecular weight excluding hydrogens is 270 g/mol. The number of carbonyl (C=O) groups is 2. The third-order valence-corrected chi connectivity index (χ3v) is 3.74. The fourth-order valence-electron chi connectivity index (χ4n) is 2.44. The molecule has 5 nitrogen and oxygen atoms in total. The number of ether oxygens (including phenoxy) is 1. The second kappa shape index (κ2) is 7.11. The van der Waals surface area contributed by atoms with E-state index in [1.165, 1.54) is 6.07 Å². The van der Waals surface area contributed by atoms with Gasteiger partial charge in [0.25, 0.3) is 5.91 Å². The summed E-state index contributed by atoms with van der Waals surface area (Å²) in [6, 6.07) is 4.86. The maximum absolute atomic E-state index is 12.0. The molecule has 1 saturated heterocycles. The van der Waals surface area contributed by atoms with Crippen molar-refractivity contribution >= 4 is 11.9 Å². The molecule has 1 aliphatic rings. The predicted molar refractivity (Wildman–Crippen MR) is 78.2 cm³/mol. The molecule has 0 bridgehead atoms. The SMILES string of the molecule is Cc1cccc(C(=O)OCC(=O)N2CCCCCC2)c1O. The maximum Gasteiger partial charge on any atom is 0.342 e. The van der Waals surface area contributed by atoms with E-state index >= 15 is 0 Å². The number of rotatable bonds is 3. The number of benzene rings is 1. The van der Waals surface area contributed by atoms with Gasteiger partial charge in [0.2, 0.25) is 0 Å². The number of phenolic OH excluding ortho intramolecular Hbond substituents is 1. The lowest BCUT2D eigenvalue weighted by Gasteiger charge is -2.20. The zero-order valence-corrected chi connectivity index (χ0v) is 12.3. The Morgan fingerprint density at radius 3 is 2.52 bits per heavy atom. The second-order valence-corrected chi connectivity index (χ2v) is 5.34. The van der Waals surface area contributed by atoms with Gasteiger partial charge in [-0.05, 0) is 31.4 Å². The van der Waals surface area contributed by atoms with Crippen molar-refractivity contribution in [3.8, 4) is 5.75 Å². The van der Waals surface area contributed by atoms with Crippen LogP contribution in [-0.4, -0.2) is 41.6 Å². The first-order valence-electron chi connectivity index (χ1n) is 7.33. The summed E-state index contributed by atoms with van der Waals surface area (Å²) in [4.78, 5) is 25.7. The number of aryl methyl sites for hydroxylation is 1. The number of aromatic hydroxyl groups is 1. The lowest BCUT2D eigenvalue weighted by atomic mass is 10.1. The molecule has 1 amide bonds. The van der Waals surface area contributed by atoms with Crippen LogP contribution < -0.4 is 0 Å². The number of hydrogen-bond donors (Lipinski definition) is 1. The van der Waals surface area contributed by atoms with Crippen LogP contribution in [0.1, 0.15) is 41.6 Å². The molecule has 0 saturated carbocycles. The molecular formula is C16H21NO4. The highest BCUT2D eigenvalue weighted by Gasteiger charge is 2.19. The Bertz CT molecular complexity index is 519. The molecule has 0 aliphatic carbocycles. The molecule has 5 heteroatoms. The Morgan fingerprint density at radius 1 is 1.19 bits per heavy atom. The molecule has 1 heterocycles. The summed E-state index contributed by atoms with van der Waals surface area (Å²) >= 11 is 0. The second-order valence-electron chi connectivity index (χ2n) is 5.34. The number of likely N-dealkylation sites (tertiary alicyclic amines) is 1. The van der Waals surface area contributed by atoms with Crippen LogP contribution in [0.25, 0.3) is 0 Å². The monoisotopic (exact) mass is 291 g/mol. The number of hydrogen-bond acceptors (Lipinski definition) is 4. The van der Waals surface area contributed by atoms with Crippen LogP contribution in [0.2, 0.25) is 0 Å². The summed E-state index contributed by atoms with van der Waals surface area (Å²) in [5.41, 5.74) is 0.696. The molecule has 1 fully saturated rings. The van der Waals surface area contributed by atoms with Gasteiger partial charge in [-0.2, -0.15) is 0 Å². The molecule has 2 rings (SSSR count). The van der Waals surface area contributed by atoms with E-state index in [-0.39, 0.29) is 23.8 Å². The van der Waals surface area contributed by atoms with E-state index < -0.39 is 5.97 Å². The summed E-state index contributed by atoms with van der Waals surface area (Å²) in [6.45, 7) is 2.89. The molecule has 0 radical (unpaired) electrons. The predicted octanol–water partition coefficient (Wildman–Crippen LogP) is 2.26. The molecule has 0 unspecified atom stereocenters. The topological polar surface area (TPSA) is 66.8 Å². The van der Waals surface area contributed by atoms with Crippen molar-refractivity contribution in [2.24, 2.45) is 0 Å². The average Bonchev–Trinajstić information content (AvgIpc) is 2.76. The minimum Gasteiger partial charge on any atom is -0.507 e. The van der Waals surface area contributed by atoms with Gasteiger partial charge in [-0.3, -0.25) is 4.79 Å². The van der Waals surface area contributed by atoms with E-state index in [0.717, 1.165) is 38.8 Å². The molecule has 1 aromatic carbocycles. The van der Waals surface area contributed by atoms with Gasteiger partial charge in [-0.25, -0.2) is 4.79 Å². The first-order chi connectivity index (χ1) is 10.1. The van der Waals surface area contributed by atoms with Gasteiger partial charge in [0.1, 0.15) is 11.3 Å². The Balaban J connectivity index is 1.91. The average molecular weight is 291 g/mol.